The van der Waals surface area contributed by atoms with E-state index in [4.69, 9.17) is 10.8 Å². The van der Waals surface area contributed by atoms with Gasteiger partial charge in [-0.15, -0.1) is 0 Å². The Morgan fingerprint density at radius 2 is 2.06 bits per heavy atom. The van der Waals surface area contributed by atoms with Crippen molar-refractivity contribution in [2.24, 2.45) is 22.6 Å². The first-order valence-electron chi connectivity index (χ1n) is 11.0. The van der Waals surface area contributed by atoms with Crippen molar-refractivity contribution in [2.45, 2.75) is 50.9 Å². The van der Waals surface area contributed by atoms with Crippen molar-refractivity contribution in [1.82, 2.24) is 15.5 Å². The van der Waals surface area contributed by atoms with Gasteiger partial charge in [-0.25, -0.2) is 9.79 Å². The van der Waals surface area contributed by atoms with E-state index in [1.165, 1.54) is 4.90 Å². The Morgan fingerprint density at radius 3 is 2.79 bits per heavy atom. The fourth-order valence-electron chi connectivity index (χ4n) is 4.86. The van der Waals surface area contributed by atoms with Crippen molar-refractivity contribution in [2.75, 3.05) is 6.54 Å². The smallest absolute Gasteiger partial charge is 0.326 e. The van der Waals surface area contributed by atoms with E-state index >= 15 is 0 Å². The average molecular weight is 457 g/mol. The highest BCUT2D eigenvalue weighted by Gasteiger charge is 2.38. The molecule has 4 atom stereocenters. The molecule has 0 spiro atoms. The third kappa shape index (κ3) is 4.82. The SMILES string of the molecule is NC1=NC2NCC(CCc3ccc4c(c3)CN([C@@H](CCC(=O)O)C(=O)O)C4=O)CC2C(=O)N1. The van der Waals surface area contributed by atoms with E-state index in [2.05, 4.69) is 15.6 Å². The molecule has 176 valence electrons. The molecule has 3 aliphatic heterocycles. The van der Waals surface area contributed by atoms with E-state index in [0.29, 0.717) is 12.0 Å². The zero-order valence-corrected chi connectivity index (χ0v) is 18.0. The summed E-state index contributed by atoms with van der Waals surface area (Å²) in [7, 11) is 0. The van der Waals surface area contributed by atoms with E-state index in [1.807, 2.05) is 12.1 Å². The summed E-state index contributed by atoms with van der Waals surface area (Å²) in [6.45, 7) is 0.874. The zero-order valence-electron chi connectivity index (χ0n) is 18.0. The quantitative estimate of drug-likeness (QED) is 0.359. The molecule has 1 aromatic rings. The number of nitrogens with zero attached hydrogens (tertiary/aromatic N) is 2. The van der Waals surface area contributed by atoms with Crippen LogP contribution in [0.1, 0.15) is 47.2 Å². The van der Waals surface area contributed by atoms with Crippen molar-refractivity contribution in [3.05, 3.63) is 34.9 Å². The summed E-state index contributed by atoms with van der Waals surface area (Å²) in [5, 5.41) is 24.3. The monoisotopic (exact) mass is 457 g/mol. The molecule has 0 saturated carbocycles. The number of carbonyl (C=O) groups is 4. The van der Waals surface area contributed by atoms with E-state index in [9.17, 15) is 24.3 Å². The number of amides is 2. The lowest BCUT2D eigenvalue weighted by atomic mass is 9.83. The number of piperidine rings is 1. The standard InChI is InChI=1S/C22H27N5O6/c23-22-25-18-15(19(30)26-22)8-12(9-24-18)2-1-11-3-4-14-13(7-11)10-27(20(14)31)16(21(32)33)5-6-17(28)29/h3-4,7,12,15-16,18,24H,1-2,5-6,8-10H2,(H,28,29)(H,32,33)(H3,23,25,26,30)/t12?,15?,16-,18?/m0/s1. The maximum Gasteiger partial charge on any atom is 0.326 e. The Balaban J connectivity index is 1.38. The van der Waals surface area contributed by atoms with Crippen LogP contribution in [-0.4, -0.2) is 63.6 Å². The maximum atomic E-state index is 12.7. The van der Waals surface area contributed by atoms with Gasteiger partial charge in [-0.05, 0) is 55.3 Å². The van der Waals surface area contributed by atoms with Crippen LogP contribution in [0.4, 0.5) is 0 Å². The Bertz CT molecular complexity index is 1020. The number of rotatable bonds is 8. The number of hydrogen-bond acceptors (Lipinski definition) is 7. The summed E-state index contributed by atoms with van der Waals surface area (Å²) in [4.78, 5) is 52.9. The summed E-state index contributed by atoms with van der Waals surface area (Å²) < 4.78 is 0. The highest BCUT2D eigenvalue weighted by molar-refractivity contribution is 6.00. The zero-order chi connectivity index (χ0) is 23.7. The second kappa shape index (κ2) is 9.18. The van der Waals surface area contributed by atoms with Crippen molar-refractivity contribution in [3.63, 3.8) is 0 Å². The summed E-state index contributed by atoms with van der Waals surface area (Å²) in [6.07, 6.45) is 1.55. The number of carbonyl (C=O) groups excluding carboxylic acids is 2. The second-order valence-corrected chi connectivity index (χ2v) is 8.81. The molecular weight excluding hydrogens is 430 g/mol. The maximum absolute atomic E-state index is 12.7. The molecule has 0 bridgehead atoms. The van der Waals surface area contributed by atoms with E-state index in [1.54, 1.807) is 6.07 Å². The van der Waals surface area contributed by atoms with Crippen LogP contribution in [-0.2, 0) is 27.3 Å². The van der Waals surface area contributed by atoms with Crippen LogP contribution in [0.5, 0.6) is 0 Å². The van der Waals surface area contributed by atoms with Gasteiger partial charge in [0.15, 0.2) is 5.96 Å². The molecule has 0 aromatic heterocycles. The topological polar surface area (TPSA) is 174 Å². The summed E-state index contributed by atoms with van der Waals surface area (Å²) in [6, 6.07) is 4.32. The largest absolute Gasteiger partial charge is 0.481 e. The lowest BCUT2D eigenvalue weighted by Crippen LogP contribution is -2.57. The van der Waals surface area contributed by atoms with Crippen molar-refractivity contribution < 1.29 is 29.4 Å². The van der Waals surface area contributed by atoms with E-state index in [-0.39, 0.29) is 55.2 Å². The second-order valence-electron chi connectivity index (χ2n) is 8.81. The van der Waals surface area contributed by atoms with Gasteiger partial charge in [-0.2, -0.15) is 0 Å². The number of fused-ring (bicyclic) bond motifs is 2. The van der Waals surface area contributed by atoms with E-state index < -0.39 is 18.0 Å². The number of aryl methyl sites for hydroxylation is 1. The predicted molar refractivity (Wildman–Crippen MR) is 116 cm³/mol. The molecular formula is C22H27N5O6. The van der Waals surface area contributed by atoms with Crippen molar-refractivity contribution in [1.29, 1.82) is 0 Å². The minimum absolute atomic E-state index is 0.114. The fraction of sp³-hybridized carbons (Fsp3) is 0.500. The van der Waals surface area contributed by atoms with Gasteiger partial charge in [0.05, 0.1) is 5.92 Å². The lowest BCUT2D eigenvalue weighted by Gasteiger charge is -2.36. The first-order valence-corrected chi connectivity index (χ1v) is 11.0. The molecule has 0 radical (unpaired) electrons. The molecule has 3 aliphatic rings. The number of aliphatic carboxylic acids is 2. The molecule has 4 rings (SSSR count). The molecule has 6 N–H and O–H groups in total. The fourth-order valence-corrected chi connectivity index (χ4v) is 4.86. The number of nitrogens with two attached hydrogens (primary N) is 1. The van der Waals surface area contributed by atoms with Crippen LogP contribution in [0.3, 0.4) is 0 Å². The van der Waals surface area contributed by atoms with Crippen LogP contribution in [0.25, 0.3) is 0 Å². The average Bonchev–Trinajstić information content (AvgIpc) is 3.07. The van der Waals surface area contributed by atoms with Crippen molar-refractivity contribution >= 4 is 29.7 Å². The molecule has 3 unspecified atom stereocenters. The lowest BCUT2D eigenvalue weighted by molar-refractivity contribution is -0.143. The Hall–Kier alpha value is -3.47. The van der Waals surface area contributed by atoms with Gasteiger partial charge in [0.1, 0.15) is 12.2 Å². The number of aliphatic imine (C=N–C) groups is 1. The van der Waals surface area contributed by atoms with Gasteiger partial charge in [-0.3, -0.25) is 25.0 Å². The number of benzene rings is 1. The molecule has 2 amide bonds. The normalized spacial score (nSPS) is 25.0. The first kappa shape index (κ1) is 22.7. The first-order chi connectivity index (χ1) is 15.7. The molecule has 1 saturated heterocycles. The minimum Gasteiger partial charge on any atom is -0.481 e. The third-order valence-corrected chi connectivity index (χ3v) is 6.59. The van der Waals surface area contributed by atoms with Gasteiger partial charge < -0.3 is 20.8 Å². The number of carboxylic acids is 2. The van der Waals surface area contributed by atoms with Crippen molar-refractivity contribution in [3.8, 4) is 0 Å². The molecule has 33 heavy (non-hydrogen) atoms. The number of guanidine groups is 1. The molecule has 11 heteroatoms. The molecule has 1 aromatic carbocycles. The van der Waals surface area contributed by atoms with Crippen LogP contribution in [0, 0.1) is 11.8 Å². The van der Waals surface area contributed by atoms with Crippen LogP contribution in [0.15, 0.2) is 23.2 Å². The molecule has 0 aliphatic carbocycles. The summed E-state index contributed by atoms with van der Waals surface area (Å²) in [5.74, 6) is -2.64. The van der Waals surface area contributed by atoms with Gasteiger partial charge in [0, 0.05) is 18.5 Å². The van der Waals surface area contributed by atoms with Crippen LogP contribution >= 0.6 is 0 Å². The van der Waals surface area contributed by atoms with E-state index in [0.717, 1.165) is 30.5 Å². The summed E-state index contributed by atoms with van der Waals surface area (Å²) in [5.41, 5.74) is 7.85. The number of hydrogen-bond donors (Lipinski definition) is 5. The Morgan fingerprint density at radius 1 is 1.27 bits per heavy atom. The highest BCUT2D eigenvalue weighted by atomic mass is 16.4. The van der Waals surface area contributed by atoms with Gasteiger partial charge in [0.25, 0.3) is 5.91 Å². The Kier molecular flexibility index (Phi) is 6.32. The van der Waals surface area contributed by atoms with Crippen LogP contribution < -0.4 is 16.4 Å². The summed E-state index contributed by atoms with van der Waals surface area (Å²) >= 11 is 0. The molecule has 11 nitrogen and oxygen atoms in total. The Labute approximate surface area is 190 Å². The minimum atomic E-state index is -1.21. The van der Waals surface area contributed by atoms with Gasteiger partial charge >= 0.3 is 11.9 Å². The van der Waals surface area contributed by atoms with Crippen LogP contribution in [0.2, 0.25) is 0 Å². The molecule has 3 heterocycles. The molecule has 1 fully saturated rings. The van der Waals surface area contributed by atoms with Gasteiger partial charge in [-0.1, -0.05) is 12.1 Å². The highest BCUT2D eigenvalue weighted by Crippen LogP contribution is 2.30. The number of carboxylic acid groups (broad SMARTS) is 2. The predicted octanol–water partition coefficient (Wildman–Crippen LogP) is -0.111. The third-order valence-electron chi connectivity index (χ3n) is 6.59. The number of nitrogens with one attached hydrogen (secondary N) is 2. The van der Waals surface area contributed by atoms with Gasteiger partial charge in [0.2, 0.25) is 5.91 Å².